The molecule has 3 aliphatic rings. The minimum absolute atomic E-state index is 0.0151. The highest BCUT2D eigenvalue weighted by Crippen LogP contribution is 2.35. The highest BCUT2D eigenvalue weighted by atomic mass is 16.3. The van der Waals surface area contributed by atoms with E-state index in [1.54, 1.807) is 17.2 Å². The Kier molecular flexibility index (Phi) is 3.58. The Labute approximate surface area is 140 Å². The molecule has 1 unspecified atom stereocenters. The van der Waals surface area contributed by atoms with Gasteiger partial charge in [0.2, 0.25) is 5.91 Å². The zero-order valence-corrected chi connectivity index (χ0v) is 13.5. The second-order valence-corrected chi connectivity index (χ2v) is 7.06. The zero-order valence-electron chi connectivity index (χ0n) is 13.5. The van der Waals surface area contributed by atoms with Crippen LogP contribution >= 0.6 is 0 Å². The maximum Gasteiger partial charge on any atom is 0.325 e. The SMILES string of the molecule is O=C1CC(CN2C(=O)NC3(CCCC3)C2=O)CN1Cc1ccco1. The molecule has 128 valence electrons. The fraction of sp³-hybridized carbons (Fsp3) is 0.588. The average Bonchev–Trinajstić information content (AvgIpc) is 3.30. The molecule has 1 saturated carbocycles. The van der Waals surface area contributed by atoms with Crippen LogP contribution in [0.5, 0.6) is 0 Å². The normalized spacial score (nSPS) is 26.0. The van der Waals surface area contributed by atoms with Gasteiger partial charge in [-0.1, -0.05) is 12.8 Å². The summed E-state index contributed by atoms with van der Waals surface area (Å²) in [5.41, 5.74) is -0.673. The lowest BCUT2D eigenvalue weighted by atomic mass is 9.97. The number of urea groups is 1. The summed E-state index contributed by atoms with van der Waals surface area (Å²) in [6.07, 6.45) is 5.34. The van der Waals surface area contributed by atoms with Crippen LogP contribution < -0.4 is 5.32 Å². The maximum atomic E-state index is 12.7. The Bertz CT molecular complexity index is 663. The van der Waals surface area contributed by atoms with E-state index >= 15 is 0 Å². The van der Waals surface area contributed by atoms with E-state index in [9.17, 15) is 14.4 Å². The van der Waals surface area contributed by atoms with Gasteiger partial charge in [0.1, 0.15) is 11.3 Å². The van der Waals surface area contributed by atoms with E-state index in [-0.39, 0.29) is 23.8 Å². The first-order chi connectivity index (χ1) is 11.6. The van der Waals surface area contributed by atoms with Crippen LogP contribution in [0.25, 0.3) is 0 Å². The third kappa shape index (κ3) is 2.48. The largest absolute Gasteiger partial charge is 0.467 e. The molecule has 3 fully saturated rings. The molecule has 24 heavy (non-hydrogen) atoms. The van der Waals surface area contributed by atoms with Gasteiger partial charge in [0.15, 0.2) is 0 Å². The smallest absolute Gasteiger partial charge is 0.325 e. The summed E-state index contributed by atoms with van der Waals surface area (Å²) in [6, 6.07) is 3.32. The summed E-state index contributed by atoms with van der Waals surface area (Å²) in [5.74, 6) is 0.656. The first kappa shape index (κ1) is 15.2. The number of nitrogens with one attached hydrogen (secondary N) is 1. The monoisotopic (exact) mass is 331 g/mol. The molecule has 1 aromatic heterocycles. The predicted octanol–water partition coefficient (Wildman–Crippen LogP) is 1.49. The summed E-state index contributed by atoms with van der Waals surface area (Å²) < 4.78 is 5.29. The quantitative estimate of drug-likeness (QED) is 0.848. The minimum Gasteiger partial charge on any atom is -0.467 e. The van der Waals surface area contributed by atoms with E-state index in [1.165, 1.54) is 4.90 Å². The molecule has 7 heteroatoms. The van der Waals surface area contributed by atoms with Crippen molar-refractivity contribution in [2.24, 2.45) is 5.92 Å². The van der Waals surface area contributed by atoms with Crippen molar-refractivity contribution in [3.63, 3.8) is 0 Å². The molecule has 1 aliphatic carbocycles. The van der Waals surface area contributed by atoms with E-state index in [0.29, 0.717) is 26.1 Å². The lowest BCUT2D eigenvalue weighted by molar-refractivity contribution is -0.132. The van der Waals surface area contributed by atoms with E-state index in [2.05, 4.69) is 5.32 Å². The molecule has 1 spiro atoms. The Hall–Kier alpha value is -2.31. The van der Waals surface area contributed by atoms with Crippen molar-refractivity contribution in [2.45, 2.75) is 44.2 Å². The van der Waals surface area contributed by atoms with Gasteiger partial charge in [-0.2, -0.15) is 0 Å². The number of rotatable bonds is 4. The molecule has 1 N–H and O–H groups in total. The standard InChI is InChI=1S/C17H21N3O4/c21-14-8-12(9-19(14)11-13-4-3-7-24-13)10-20-15(22)17(18-16(20)23)5-1-2-6-17/h3-4,7,12H,1-2,5-6,8-11H2,(H,18,23). The summed E-state index contributed by atoms with van der Waals surface area (Å²) in [7, 11) is 0. The van der Waals surface area contributed by atoms with E-state index in [4.69, 9.17) is 4.42 Å². The third-order valence-electron chi connectivity index (χ3n) is 5.37. The van der Waals surface area contributed by atoms with Crippen LogP contribution in [-0.4, -0.2) is 46.3 Å². The number of hydrogen-bond donors (Lipinski definition) is 1. The van der Waals surface area contributed by atoms with Crippen LogP contribution in [0, 0.1) is 5.92 Å². The minimum atomic E-state index is -0.673. The molecule has 2 aliphatic heterocycles. The molecule has 1 atom stereocenters. The molecule has 0 aromatic carbocycles. The van der Waals surface area contributed by atoms with E-state index in [1.807, 2.05) is 6.07 Å². The molecule has 0 radical (unpaired) electrons. The van der Waals surface area contributed by atoms with Gasteiger partial charge >= 0.3 is 6.03 Å². The highest BCUT2D eigenvalue weighted by Gasteiger charge is 2.53. The molecular weight excluding hydrogens is 310 g/mol. The van der Waals surface area contributed by atoms with Crippen molar-refractivity contribution < 1.29 is 18.8 Å². The third-order valence-corrected chi connectivity index (χ3v) is 5.37. The Morgan fingerprint density at radius 2 is 2.04 bits per heavy atom. The zero-order chi connectivity index (χ0) is 16.7. The Balaban J connectivity index is 1.40. The lowest BCUT2D eigenvalue weighted by Crippen LogP contribution is -2.44. The van der Waals surface area contributed by atoms with Gasteiger partial charge in [0, 0.05) is 25.4 Å². The molecule has 1 aromatic rings. The molecular formula is C17H21N3O4. The van der Waals surface area contributed by atoms with Crippen molar-refractivity contribution in [3.05, 3.63) is 24.2 Å². The van der Waals surface area contributed by atoms with Gasteiger partial charge in [-0.15, -0.1) is 0 Å². The van der Waals surface area contributed by atoms with Crippen molar-refractivity contribution in [3.8, 4) is 0 Å². The topological polar surface area (TPSA) is 82.9 Å². The van der Waals surface area contributed by atoms with Gasteiger partial charge in [-0.05, 0) is 25.0 Å². The average molecular weight is 331 g/mol. The number of likely N-dealkylation sites (tertiary alicyclic amines) is 1. The number of carbonyl (C=O) groups is 3. The van der Waals surface area contributed by atoms with Crippen LogP contribution in [0.3, 0.4) is 0 Å². The Morgan fingerprint density at radius 1 is 1.25 bits per heavy atom. The second kappa shape index (κ2) is 5.65. The summed E-state index contributed by atoms with van der Waals surface area (Å²) >= 11 is 0. The number of hydrogen-bond acceptors (Lipinski definition) is 4. The highest BCUT2D eigenvalue weighted by molar-refractivity contribution is 6.07. The van der Waals surface area contributed by atoms with Crippen molar-refractivity contribution in [2.75, 3.05) is 13.1 Å². The molecule has 4 amide bonds. The fourth-order valence-electron chi connectivity index (χ4n) is 4.14. The van der Waals surface area contributed by atoms with Crippen LogP contribution in [0.4, 0.5) is 4.79 Å². The molecule has 0 bridgehead atoms. The molecule has 4 rings (SSSR count). The van der Waals surface area contributed by atoms with Gasteiger partial charge in [-0.3, -0.25) is 14.5 Å². The number of carbonyl (C=O) groups excluding carboxylic acids is 3. The number of amides is 4. The van der Waals surface area contributed by atoms with Gasteiger partial charge in [0.25, 0.3) is 5.91 Å². The number of furan rings is 1. The van der Waals surface area contributed by atoms with E-state index in [0.717, 1.165) is 31.4 Å². The molecule has 2 saturated heterocycles. The second-order valence-electron chi connectivity index (χ2n) is 7.06. The van der Waals surface area contributed by atoms with Crippen molar-refractivity contribution >= 4 is 17.8 Å². The van der Waals surface area contributed by atoms with Gasteiger partial charge < -0.3 is 14.6 Å². The van der Waals surface area contributed by atoms with Crippen LogP contribution in [0.1, 0.15) is 37.9 Å². The van der Waals surface area contributed by atoms with Crippen molar-refractivity contribution in [1.29, 1.82) is 0 Å². The first-order valence-electron chi connectivity index (χ1n) is 8.52. The van der Waals surface area contributed by atoms with Crippen LogP contribution in [0.15, 0.2) is 22.8 Å². The number of nitrogens with zero attached hydrogens (tertiary/aromatic N) is 2. The van der Waals surface area contributed by atoms with E-state index < -0.39 is 5.54 Å². The first-order valence-corrected chi connectivity index (χ1v) is 8.52. The molecule has 3 heterocycles. The van der Waals surface area contributed by atoms with Gasteiger partial charge in [-0.25, -0.2) is 4.79 Å². The fourth-order valence-corrected chi connectivity index (χ4v) is 4.14. The van der Waals surface area contributed by atoms with Crippen LogP contribution in [0.2, 0.25) is 0 Å². The molecule has 7 nitrogen and oxygen atoms in total. The summed E-state index contributed by atoms with van der Waals surface area (Å²) in [5, 5.41) is 2.89. The lowest BCUT2D eigenvalue weighted by Gasteiger charge is -2.21. The summed E-state index contributed by atoms with van der Waals surface area (Å²) in [6.45, 7) is 1.29. The van der Waals surface area contributed by atoms with Crippen molar-refractivity contribution in [1.82, 2.24) is 15.1 Å². The summed E-state index contributed by atoms with van der Waals surface area (Å²) in [4.78, 5) is 40.1. The van der Waals surface area contributed by atoms with Crippen LogP contribution in [-0.2, 0) is 16.1 Å². The Morgan fingerprint density at radius 3 is 2.75 bits per heavy atom. The predicted molar refractivity (Wildman–Crippen MR) is 83.7 cm³/mol. The maximum absolute atomic E-state index is 12.7. The van der Waals surface area contributed by atoms with Gasteiger partial charge in [0.05, 0.1) is 12.8 Å². The number of imide groups is 1.